The van der Waals surface area contributed by atoms with Gasteiger partial charge >= 0.3 is 0 Å². The summed E-state index contributed by atoms with van der Waals surface area (Å²) in [5, 5.41) is 13.4. The van der Waals surface area contributed by atoms with Gasteiger partial charge in [-0.3, -0.25) is 5.11 Å². The molecule has 3 rings (SSSR count). The van der Waals surface area contributed by atoms with Crippen LogP contribution in [-0.4, -0.2) is 4.98 Å². The molecule has 0 aliphatic heterocycles. The van der Waals surface area contributed by atoms with Gasteiger partial charge in [-0.05, 0) is 12.1 Å². The van der Waals surface area contributed by atoms with Crippen LogP contribution in [-0.2, 0) is 9.67 Å². The molecular weight excluding hydrogens is 281 g/mol. The first kappa shape index (κ1) is 13.6. The quantitative estimate of drug-likeness (QED) is 0.697. The van der Waals surface area contributed by atoms with Crippen molar-refractivity contribution < 1.29 is 9.67 Å². The molecule has 0 spiro atoms. The normalized spacial score (nSPS) is 11.2. The van der Waals surface area contributed by atoms with E-state index in [1.807, 2.05) is 36.4 Å². The average Bonchev–Trinajstić information content (AvgIpc) is 2.56. The third kappa shape index (κ3) is 2.37. The number of pyridine rings is 1. The minimum absolute atomic E-state index is 0.113. The molecule has 0 N–H and O–H groups in total. The maximum atomic E-state index is 13.8. The minimum atomic E-state index is -3.24. The van der Waals surface area contributed by atoms with Crippen LogP contribution in [0.15, 0.2) is 79.0 Å². The monoisotopic (exact) mass is 294 g/mol. The standard InChI is InChI=1S/C17H13NO2P/c19-16-12-7-13-18-17(16)21(20,14-8-3-1-4-9-14)15-10-5-2-6-11-15/h1-13H. The Morgan fingerprint density at radius 3 is 1.71 bits per heavy atom. The zero-order valence-corrected chi connectivity index (χ0v) is 12.1. The molecule has 0 unspecified atom stereocenters. The van der Waals surface area contributed by atoms with Crippen LogP contribution >= 0.6 is 7.14 Å². The van der Waals surface area contributed by atoms with Crippen molar-refractivity contribution in [2.24, 2.45) is 0 Å². The number of rotatable bonds is 3. The number of benzene rings is 2. The summed E-state index contributed by atoms with van der Waals surface area (Å²) >= 11 is 0. The number of nitrogens with zero attached hydrogens (tertiary/aromatic N) is 1. The molecule has 0 fully saturated rings. The topological polar surface area (TPSA) is 49.9 Å². The predicted octanol–water partition coefficient (Wildman–Crippen LogP) is 2.86. The lowest BCUT2D eigenvalue weighted by atomic mass is 10.4. The lowest BCUT2D eigenvalue weighted by Crippen LogP contribution is -2.26. The molecule has 0 amide bonds. The first-order valence-electron chi connectivity index (χ1n) is 6.57. The first-order chi connectivity index (χ1) is 10.2. The Morgan fingerprint density at radius 1 is 0.714 bits per heavy atom. The molecule has 103 valence electrons. The van der Waals surface area contributed by atoms with Gasteiger partial charge in [0.1, 0.15) is 0 Å². The second-order valence-electron chi connectivity index (χ2n) is 4.61. The Labute approximate surface area is 123 Å². The Kier molecular flexibility index (Phi) is 3.59. The largest absolute Gasteiger partial charge is 0.307 e. The lowest BCUT2D eigenvalue weighted by molar-refractivity contribution is 0.357. The van der Waals surface area contributed by atoms with Crippen molar-refractivity contribution in [2.75, 3.05) is 0 Å². The van der Waals surface area contributed by atoms with Gasteiger partial charge in [-0.2, -0.15) is 0 Å². The molecule has 3 aromatic rings. The van der Waals surface area contributed by atoms with Gasteiger partial charge in [0.2, 0.25) is 5.75 Å². The van der Waals surface area contributed by atoms with Crippen LogP contribution in [0.5, 0.6) is 5.75 Å². The van der Waals surface area contributed by atoms with Crippen molar-refractivity contribution >= 4 is 23.2 Å². The van der Waals surface area contributed by atoms with E-state index in [1.54, 1.807) is 30.3 Å². The highest BCUT2D eigenvalue weighted by molar-refractivity contribution is 7.85. The molecular formula is C17H13NO2P. The van der Waals surface area contributed by atoms with E-state index < -0.39 is 7.14 Å². The Morgan fingerprint density at radius 2 is 1.24 bits per heavy atom. The molecule has 0 bridgehead atoms. The fraction of sp³-hybridized carbons (Fsp3) is 0. The summed E-state index contributed by atoms with van der Waals surface area (Å²) in [5.41, 5.74) is 0.113. The van der Waals surface area contributed by atoms with Crippen molar-refractivity contribution in [3.63, 3.8) is 0 Å². The zero-order chi connectivity index (χ0) is 14.7. The molecule has 0 aliphatic rings. The number of hydrogen-bond acceptors (Lipinski definition) is 2. The second kappa shape index (κ2) is 5.55. The van der Waals surface area contributed by atoms with Crippen LogP contribution in [0, 0.1) is 0 Å². The van der Waals surface area contributed by atoms with Gasteiger partial charge in [0, 0.05) is 16.8 Å². The summed E-state index contributed by atoms with van der Waals surface area (Å²) in [4.78, 5) is 4.13. The van der Waals surface area contributed by atoms with Gasteiger partial charge in [-0.1, -0.05) is 60.7 Å². The van der Waals surface area contributed by atoms with E-state index in [1.165, 1.54) is 12.3 Å². The SMILES string of the molecule is [O]c1cccnc1P(=O)(c1ccccc1)c1ccccc1. The summed E-state index contributed by atoms with van der Waals surface area (Å²) < 4.78 is 13.8. The third-order valence-electron chi connectivity index (χ3n) is 3.29. The van der Waals surface area contributed by atoms with Crippen molar-refractivity contribution in [1.82, 2.24) is 4.98 Å². The lowest BCUT2D eigenvalue weighted by Gasteiger charge is -2.18. The van der Waals surface area contributed by atoms with Gasteiger partial charge in [0.25, 0.3) is 0 Å². The zero-order valence-electron chi connectivity index (χ0n) is 11.2. The smallest absolute Gasteiger partial charge is 0.208 e. The number of hydrogen-bond donors (Lipinski definition) is 0. The molecule has 1 radical (unpaired) electrons. The molecule has 1 heterocycles. The average molecular weight is 294 g/mol. The molecule has 4 heteroatoms. The summed E-state index contributed by atoms with van der Waals surface area (Å²) in [6, 6.07) is 21.1. The molecule has 3 nitrogen and oxygen atoms in total. The van der Waals surface area contributed by atoms with Crippen molar-refractivity contribution in [3.05, 3.63) is 79.0 Å². The first-order valence-corrected chi connectivity index (χ1v) is 8.27. The molecule has 0 aliphatic carbocycles. The van der Waals surface area contributed by atoms with Gasteiger partial charge in [-0.25, -0.2) is 4.98 Å². The third-order valence-corrected chi connectivity index (χ3v) is 6.27. The van der Waals surface area contributed by atoms with E-state index in [0.717, 1.165) is 0 Å². The van der Waals surface area contributed by atoms with Gasteiger partial charge in [0.15, 0.2) is 12.6 Å². The van der Waals surface area contributed by atoms with Gasteiger partial charge in [0.05, 0.1) is 0 Å². The molecule has 21 heavy (non-hydrogen) atoms. The molecule has 1 aromatic heterocycles. The van der Waals surface area contributed by atoms with E-state index in [-0.39, 0.29) is 11.2 Å². The van der Waals surface area contributed by atoms with Crippen LogP contribution in [0.2, 0.25) is 0 Å². The second-order valence-corrected chi connectivity index (χ2v) is 7.28. The fourth-order valence-electron chi connectivity index (χ4n) is 2.29. The van der Waals surface area contributed by atoms with E-state index in [0.29, 0.717) is 10.6 Å². The van der Waals surface area contributed by atoms with Gasteiger partial charge in [-0.15, -0.1) is 0 Å². The van der Waals surface area contributed by atoms with Crippen LogP contribution in [0.3, 0.4) is 0 Å². The Bertz CT molecular complexity index is 745. The number of aromatic nitrogens is 1. The maximum absolute atomic E-state index is 13.8. The summed E-state index contributed by atoms with van der Waals surface area (Å²) in [6.07, 6.45) is 1.51. The highest BCUT2D eigenvalue weighted by atomic mass is 31.2. The van der Waals surface area contributed by atoms with Crippen LogP contribution in [0.25, 0.3) is 0 Å². The minimum Gasteiger partial charge on any atom is -0.307 e. The summed E-state index contributed by atoms with van der Waals surface area (Å²) in [7, 11) is -3.24. The van der Waals surface area contributed by atoms with Gasteiger partial charge < -0.3 is 4.57 Å². The molecule has 0 saturated heterocycles. The molecule has 0 saturated carbocycles. The summed E-state index contributed by atoms with van der Waals surface area (Å²) in [6.45, 7) is 0. The van der Waals surface area contributed by atoms with E-state index in [9.17, 15) is 9.67 Å². The fourth-order valence-corrected chi connectivity index (χ4v) is 4.87. The maximum Gasteiger partial charge on any atom is 0.208 e. The Balaban J connectivity index is 2.32. The highest BCUT2D eigenvalue weighted by Gasteiger charge is 2.33. The van der Waals surface area contributed by atoms with Crippen LogP contribution < -0.4 is 16.0 Å². The molecule has 2 aromatic carbocycles. The van der Waals surface area contributed by atoms with Crippen molar-refractivity contribution in [3.8, 4) is 5.75 Å². The molecule has 0 atom stereocenters. The predicted molar refractivity (Wildman–Crippen MR) is 83.8 cm³/mol. The van der Waals surface area contributed by atoms with Crippen LogP contribution in [0.4, 0.5) is 0 Å². The van der Waals surface area contributed by atoms with E-state index in [4.69, 9.17) is 0 Å². The highest BCUT2D eigenvalue weighted by Crippen LogP contribution is 2.43. The van der Waals surface area contributed by atoms with E-state index >= 15 is 0 Å². The van der Waals surface area contributed by atoms with Crippen LogP contribution in [0.1, 0.15) is 0 Å². The van der Waals surface area contributed by atoms with E-state index in [2.05, 4.69) is 4.98 Å². The Hall–Kier alpha value is -2.38. The van der Waals surface area contributed by atoms with Crippen molar-refractivity contribution in [1.29, 1.82) is 0 Å². The van der Waals surface area contributed by atoms with Crippen molar-refractivity contribution in [2.45, 2.75) is 0 Å². The summed E-state index contributed by atoms with van der Waals surface area (Å²) in [5.74, 6) is -0.298.